The molecule has 0 bridgehead atoms. The minimum atomic E-state index is 0.0955. The van der Waals surface area contributed by atoms with Gasteiger partial charge in [-0.3, -0.25) is 0 Å². The second kappa shape index (κ2) is 4.19. The van der Waals surface area contributed by atoms with Gasteiger partial charge in [-0.15, -0.1) is 0 Å². The third-order valence-corrected chi connectivity index (χ3v) is 3.18. The van der Waals surface area contributed by atoms with Gasteiger partial charge < -0.3 is 10.6 Å². The highest BCUT2D eigenvalue weighted by Gasteiger charge is 2.26. The van der Waals surface area contributed by atoms with Crippen LogP contribution < -0.4 is 5.73 Å². The van der Waals surface area contributed by atoms with Crippen LogP contribution in [0.15, 0.2) is 0 Å². The molecule has 84 valence electrons. The normalized spacial score (nSPS) is 23.8. The number of nitrogens with zero attached hydrogens (tertiary/aromatic N) is 1. The summed E-state index contributed by atoms with van der Waals surface area (Å²) in [5, 5.41) is 0. The fraction of sp³-hybridized carbons (Fsp3) is 1.00. The van der Waals surface area contributed by atoms with Crippen molar-refractivity contribution >= 4 is 0 Å². The van der Waals surface area contributed by atoms with Crippen molar-refractivity contribution in [2.75, 3.05) is 19.6 Å². The van der Waals surface area contributed by atoms with Gasteiger partial charge in [0.05, 0.1) is 0 Å². The van der Waals surface area contributed by atoms with Crippen LogP contribution in [0.1, 0.15) is 47.0 Å². The van der Waals surface area contributed by atoms with Gasteiger partial charge in [-0.2, -0.15) is 0 Å². The molecule has 2 N–H and O–H groups in total. The molecular formula is C12H26N2. The Morgan fingerprint density at radius 3 is 2.14 bits per heavy atom. The van der Waals surface area contributed by atoms with Gasteiger partial charge in [0.2, 0.25) is 0 Å². The molecule has 0 unspecified atom stereocenters. The molecule has 0 radical (unpaired) electrons. The van der Waals surface area contributed by atoms with Crippen molar-refractivity contribution in [2.45, 2.75) is 52.5 Å². The van der Waals surface area contributed by atoms with Gasteiger partial charge in [-0.25, -0.2) is 0 Å². The van der Waals surface area contributed by atoms with E-state index in [1.807, 2.05) is 0 Å². The summed E-state index contributed by atoms with van der Waals surface area (Å²) in [6.45, 7) is 12.7. The zero-order valence-corrected chi connectivity index (χ0v) is 10.3. The topological polar surface area (TPSA) is 29.3 Å². The monoisotopic (exact) mass is 198 g/mol. The Bertz CT molecular complexity index is 169. The largest absolute Gasteiger partial charge is 0.325 e. The molecule has 0 aromatic carbocycles. The molecule has 1 heterocycles. The van der Waals surface area contributed by atoms with E-state index in [2.05, 4.69) is 32.6 Å². The van der Waals surface area contributed by atoms with Crippen LogP contribution in [0.25, 0.3) is 0 Å². The first-order chi connectivity index (χ1) is 6.29. The minimum Gasteiger partial charge on any atom is -0.325 e. The lowest BCUT2D eigenvalue weighted by molar-refractivity contribution is 0.154. The van der Waals surface area contributed by atoms with Gasteiger partial charge in [0.15, 0.2) is 0 Å². The van der Waals surface area contributed by atoms with Crippen LogP contribution in [0.5, 0.6) is 0 Å². The van der Waals surface area contributed by atoms with Crippen molar-refractivity contribution in [3.8, 4) is 0 Å². The molecule has 1 fully saturated rings. The van der Waals surface area contributed by atoms with Crippen LogP contribution >= 0.6 is 0 Å². The average molecular weight is 198 g/mol. The highest BCUT2D eigenvalue weighted by atomic mass is 15.1. The van der Waals surface area contributed by atoms with Crippen LogP contribution in [-0.4, -0.2) is 30.1 Å². The summed E-state index contributed by atoms with van der Waals surface area (Å²) in [7, 11) is 0. The Morgan fingerprint density at radius 1 is 1.21 bits per heavy atom. The van der Waals surface area contributed by atoms with E-state index in [1.54, 1.807) is 0 Å². The maximum absolute atomic E-state index is 6.10. The first-order valence-electron chi connectivity index (χ1n) is 5.80. The van der Waals surface area contributed by atoms with Gasteiger partial charge in [-0.1, -0.05) is 20.8 Å². The SMILES string of the molecule is CC(C)(C)CCN1CCC(C)(N)CC1. The second-order valence-corrected chi connectivity index (χ2v) is 6.31. The Labute approximate surface area is 88.8 Å². The summed E-state index contributed by atoms with van der Waals surface area (Å²) < 4.78 is 0. The van der Waals surface area contributed by atoms with Crippen molar-refractivity contribution in [3.05, 3.63) is 0 Å². The van der Waals surface area contributed by atoms with Crippen LogP contribution in [0.3, 0.4) is 0 Å². The molecule has 0 spiro atoms. The lowest BCUT2D eigenvalue weighted by Crippen LogP contribution is -2.48. The Kier molecular flexibility index (Phi) is 3.59. The fourth-order valence-corrected chi connectivity index (χ4v) is 1.78. The standard InChI is InChI=1S/C12H26N2/c1-11(2,3)5-8-14-9-6-12(4,13)7-10-14/h5-10,13H2,1-4H3. The first kappa shape index (κ1) is 12.0. The summed E-state index contributed by atoms with van der Waals surface area (Å²) in [4.78, 5) is 2.56. The van der Waals surface area contributed by atoms with E-state index in [-0.39, 0.29) is 5.54 Å². The fourth-order valence-electron chi connectivity index (χ4n) is 1.78. The van der Waals surface area contributed by atoms with Crippen molar-refractivity contribution in [2.24, 2.45) is 11.1 Å². The highest BCUT2D eigenvalue weighted by Crippen LogP contribution is 2.22. The summed E-state index contributed by atoms with van der Waals surface area (Å²) in [6, 6.07) is 0. The number of nitrogens with two attached hydrogens (primary N) is 1. The maximum Gasteiger partial charge on any atom is 0.0150 e. The number of piperidine rings is 1. The highest BCUT2D eigenvalue weighted by molar-refractivity contribution is 4.86. The summed E-state index contributed by atoms with van der Waals surface area (Å²) in [5.74, 6) is 0. The molecule has 0 atom stereocenters. The second-order valence-electron chi connectivity index (χ2n) is 6.31. The van der Waals surface area contributed by atoms with Gasteiger partial charge in [0.25, 0.3) is 0 Å². The Balaban J connectivity index is 2.23. The number of rotatable bonds is 2. The van der Waals surface area contributed by atoms with E-state index in [4.69, 9.17) is 5.73 Å². The molecular weight excluding hydrogens is 172 g/mol. The lowest BCUT2D eigenvalue weighted by atomic mass is 9.89. The quantitative estimate of drug-likeness (QED) is 0.737. The van der Waals surface area contributed by atoms with Crippen molar-refractivity contribution in [1.82, 2.24) is 4.90 Å². The summed E-state index contributed by atoms with van der Waals surface area (Å²) >= 11 is 0. The molecule has 0 saturated carbocycles. The third kappa shape index (κ3) is 4.43. The number of hydrogen-bond donors (Lipinski definition) is 1. The van der Waals surface area contributed by atoms with E-state index in [1.165, 1.54) is 26.1 Å². The summed E-state index contributed by atoms with van der Waals surface area (Å²) in [5.41, 5.74) is 6.65. The van der Waals surface area contributed by atoms with Crippen molar-refractivity contribution in [3.63, 3.8) is 0 Å². The predicted molar refractivity (Wildman–Crippen MR) is 62.3 cm³/mol. The molecule has 0 amide bonds. The molecule has 2 nitrogen and oxygen atoms in total. The first-order valence-corrected chi connectivity index (χ1v) is 5.80. The molecule has 0 aromatic heterocycles. The molecule has 1 aliphatic heterocycles. The van der Waals surface area contributed by atoms with E-state index in [0.29, 0.717) is 5.41 Å². The van der Waals surface area contributed by atoms with Crippen LogP contribution in [-0.2, 0) is 0 Å². The van der Waals surface area contributed by atoms with E-state index >= 15 is 0 Å². The molecule has 2 heteroatoms. The lowest BCUT2D eigenvalue weighted by Gasteiger charge is -2.37. The Hall–Kier alpha value is -0.0800. The molecule has 1 aliphatic rings. The maximum atomic E-state index is 6.10. The minimum absolute atomic E-state index is 0.0955. The Morgan fingerprint density at radius 2 is 1.71 bits per heavy atom. The average Bonchev–Trinajstić information content (AvgIpc) is 2.01. The number of hydrogen-bond acceptors (Lipinski definition) is 2. The van der Waals surface area contributed by atoms with Crippen LogP contribution in [0.2, 0.25) is 0 Å². The van der Waals surface area contributed by atoms with E-state index < -0.39 is 0 Å². The molecule has 0 aromatic rings. The third-order valence-electron chi connectivity index (χ3n) is 3.18. The van der Waals surface area contributed by atoms with Crippen molar-refractivity contribution in [1.29, 1.82) is 0 Å². The molecule has 1 rings (SSSR count). The van der Waals surface area contributed by atoms with Gasteiger partial charge in [-0.05, 0) is 51.2 Å². The van der Waals surface area contributed by atoms with Gasteiger partial charge >= 0.3 is 0 Å². The zero-order valence-electron chi connectivity index (χ0n) is 10.3. The smallest absolute Gasteiger partial charge is 0.0150 e. The molecule has 1 saturated heterocycles. The van der Waals surface area contributed by atoms with Crippen LogP contribution in [0, 0.1) is 5.41 Å². The molecule has 0 aliphatic carbocycles. The predicted octanol–water partition coefficient (Wildman–Crippen LogP) is 2.24. The van der Waals surface area contributed by atoms with Gasteiger partial charge in [0, 0.05) is 5.54 Å². The summed E-state index contributed by atoms with van der Waals surface area (Å²) in [6.07, 6.45) is 3.59. The number of likely N-dealkylation sites (tertiary alicyclic amines) is 1. The van der Waals surface area contributed by atoms with Crippen molar-refractivity contribution < 1.29 is 0 Å². The van der Waals surface area contributed by atoms with Crippen LogP contribution in [0.4, 0.5) is 0 Å². The zero-order chi connectivity index (χ0) is 10.8. The van der Waals surface area contributed by atoms with Gasteiger partial charge in [0.1, 0.15) is 0 Å². The van der Waals surface area contributed by atoms with E-state index in [0.717, 1.165) is 12.8 Å². The van der Waals surface area contributed by atoms with E-state index in [9.17, 15) is 0 Å². The molecule has 14 heavy (non-hydrogen) atoms.